The summed E-state index contributed by atoms with van der Waals surface area (Å²) in [5.41, 5.74) is 5.37. The van der Waals surface area contributed by atoms with Gasteiger partial charge in [-0.25, -0.2) is 4.79 Å². The highest BCUT2D eigenvalue weighted by molar-refractivity contribution is 7.80. The van der Waals surface area contributed by atoms with E-state index in [0.717, 1.165) is 6.42 Å². The van der Waals surface area contributed by atoms with Crippen LogP contribution in [0.2, 0.25) is 0 Å². The first-order chi connectivity index (χ1) is 6.11. The second-order valence-electron chi connectivity index (χ2n) is 2.72. The predicted molar refractivity (Wildman–Crippen MR) is 57.7 cm³/mol. The zero-order valence-corrected chi connectivity index (χ0v) is 8.99. The van der Waals surface area contributed by atoms with E-state index in [1.54, 1.807) is 4.90 Å². The molecular weight excluding hydrogens is 186 g/mol. The third-order valence-corrected chi connectivity index (χ3v) is 1.58. The molecule has 0 rings (SSSR count). The molecule has 13 heavy (non-hydrogen) atoms. The second-order valence-corrected chi connectivity index (χ2v) is 3.25. The van der Waals surface area contributed by atoms with Crippen LogP contribution >= 0.6 is 12.2 Å². The number of urea groups is 1. The van der Waals surface area contributed by atoms with Crippen LogP contribution < -0.4 is 11.1 Å². The number of carbonyl (C=O) groups is 1. The Bertz CT molecular complexity index is 184. The van der Waals surface area contributed by atoms with E-state index in [-0.39, 0.29) is 6.03 Å². The molecule has 0 heterocycles. The van der Waals surface area contributed by atoms with Crippen molar-refractivity contribution in [3.8, 4) is 0 Å². The number of carbonyl (C=O) groups excluding carboxylic acids is 1. The van der Waals surface area contributed by atoms with Crippen LogP contribution in [0.1, 0.15) is 20.3 Å². The van der Waals surface area contributed by atoms with Gasteiger partial charge in [0.2, 0.25) is 0 Å². The maximum Gasteiger partial charge on any atom is 0.317 e. The molecule has 0 aromatic carbocycles. The van der Waals surface area contributed by atoms with Crippen molar-refractivity contribution in [1.82, 2.24) is 10.2 Å². The monoisotopic (exact) mass is 203 g/mol. The van der Waals surface area contributed by atoms with Crippen molar-refractivity contribution >= 4 is 23.2 Å². The van der Waals surface area contributed by atoms with Gasteiger partial charge in [-0.05, 0) is 13.3 Å². The molecule has 0 aromatic heterocycles. The minimum atomic E-state index is -0.0999. The minimum Gasteiger partial charge on any atom is -0.392 e. The highest BCUT2D eigenvalue weighted by Crippen LogP contribution is 1.92. The van der Waals surface area contributed by atoms with Crippen molar-refractivity contribution in [2.45, 2.75) is 20.3 Å². The highest BCUT2D eigenvalue weighted by atomic mass is 32.1. The van der Waals surface area contributed by atoms with Crippen molar-refractivity contribution in [3.05, 3.63) is 0 Å². The first kappa shape index (κ1) is 12.2. The number of hydrogen-bond donors (Lipinski definition) is 2. The minimum absolute atomic E-state index is 0.0999. The maximum atomic E-state index is 11.4. The van der Waals surface area contributed by atoms with E-state index in [1.165, 1.54) is 0 Å². The molecule has 0 saturated heterocycles. The van der Waals surface area contributed by atoms with Crippen LogP contribution in [0, 0.1) is 0 Å². The van der Waals surface area contributed by atoms with Crippen LogP contribution in [0.4, 0.5) is 4.79 Å². The van der Waals surface area contributed by atoms with Crippen molar-refractivity contribution in [2.24, 2.45) is 5.73 Å². The lowest BCUT2D eigenvalue weighted by Crippen LogP contribution is -2.44. The van der Waals surface area contributed by atoms with Crippen molar-refractivity contribution in [3.63, 3.8) is 0 Å². The summed E-state index contributed by atoms with van der Waals surface area (Å²) in [6, 6.07) is -0.0999. The molecule has 0 aliphatic heterocycles. The molecular formula is C8H17N3OS. The Morgan fingerprint density at radius 3 is 2.54 bits per heavy atom. The smallest absolute Gasteiger partial charge is 0.317 e. The molecule has 0 fully saturated rings. The normalized spacial score (nSPS) is 9.38. The van der Waals surface area contributed by atoms with Gasteiger partial charge in [0.15, 0.2) is 0 Å². The van der Waals surface area contributed by atoms with Crippen LogP contribution in [0.3, 0.4) is 0 Å². The summed E-state index contributed by atoms with van der Waals surface area (Å²) in [7, 11) is 0. The van der Waals surface area contributed by atoms with Gasteiger partial charge in [-0.3, -0.25) is 0 Å². The van der Waals surface area contributed by atoms with E-state index in [0.29, 0.717) is 24.6 Å². The zero-order chi connectivity index (χ0) is 10.3. The fraction of sp³-hybridized carbons (Fsp3) is 0.750. The van der Waals surface area contributed by atoms with Gasteiger partial charge in [0.1, 0.15) is 0 Å². The quantitative estimate of drug-likeness (QED) is 0.647. The molecule has 5 heteroatoms. The summed E-state index contributed by atoms with van der Waals surface area (Å²) >= 11 is 4.75. The Labute approximate surface area is 84.5 Å². The molecule has 0 saturated carbocycles. The first-order valence-electron chi connectivity index (χ1n) is 4.42. The third kappa shape index (κ3) is 5.41. The topological polar surface area (TPSA) is 58.4 Å². The summed E-state index contributed by atoms with van der Waals surface area (Å²) in [5.74, 6) is 0. The molecule has 76 valence electrons. The summed E-state index contributed by atoms with van der Waals surface area (Å²) in [4.78, 5) is 13.3. The summed E-state index contributed by atoms with van der Waals surface area (Å²) in [6.45, 7) is 5.54. The highest BCUT2D eigenvalue weighted by Gasteiger charge is 2.11. The fourth-order valence-electron chi connectivity index (χ4n) is 0.973. The number of thiocarbonyl (C=S) groups is 1. The van der Waals surface area contributed by atoms with E-state index in [9.17, 15) is 4.79 Å². The van der Waals surface area contributed by atoms with Crippen molar-refractivity contribution < 1.29 is 4.79 Å². The fourth-order valence-corrected chi connectivity index (χ4v) is 1.13. The lowest BCUT2D eigenvalue weighted by Gasteiger charge is -2.21. The van der Waals surface area contributed by atoms with Gasteiger partial charge in [-0.15, -0.1) is 0 Å². The first-order valence-corrected chi connectivity index (χ1v) is 4.83. The summed E-state index contributed by atoms with van der Waals surface area (Å²) in [6.07, 6.45) is 0.903. The Morgan fingerprint density at radius 2 is 2.15 bits per heavy atom. The van der Waals surface area contributed by atoms with Crippen molar-refractivity contribution in [2.75, 3.05) is 19.6 Å². The average Bonchev–Trinajstić information content (AvgIpc) is 2.03. The lowest BCUT2D eigenvalue weighted by molar-refractivity contribution is 0.205. The molecule has 4 nitrogen and oxygen atoms in total. The number of hydrogen-bond acceptors (Lipinski definition) is 2. The van der Waals surface area contributed by atoms with Crippen LogP contribution in [-0.4, -0.2) is 35.6 Å². The molecule has 2 amide bonds. The van der Waals surface area contributed by atoms with Gasteiger partial charge < -0.3 is 16.0 Å². The predicted octanol–water partition coefficient (Wildman–Crippen LogP) is 0.714. The summed E-state index contributed by atoms with van der Waals surface area (Å²) < 4.78 is 0. The number of nitrogens with one attached hydrogen (secondary N) is 1. The molecule has 3 N–H and O–H groups in total. The molecule has 0 aliphatic carbocycles. The average molecular weight is 203 g/mol. The van der Waals surface area contributed by atoms with E-state index >= 15 is 0 Å². The number of nitrogens with two attached hydrogens (primary N) is 1. The number of amides is 2. The maximum absolute atomic E-state index is 11.4. The number of rotatable bonds is 5. The largest absolute Gasteiger partial charge is 0.392 e. The Kier molecular flexibility index (Phi) is 6.22. The van der Waals surface area contributed by atoms with Gasteiger partial charge >= 0.3 is 6.03 Å². The molecule has 0 atom stereocenters. The molecule has 0 radical (unpaired) electrons. The molecule has 0 aromatic rings. The third-order valence-electron chi connectivity index (χ3n) is 1.46. The second kappa shape index (κ2) is 6.65. The molecule has 0 spiro atoms. The SMILES string of the molecule is CCCN(CC(N)=S)C(=O)NCC. The van der Waals surface area contributed by atoms with Gasteiger partial charge in [0, 0.05) is 13.1 Å². The number of nitrogens with zero attached hydrogens (tertiary/aromatic N) is 1. The standard InChI is InChI=1S/C8H17N3OS/c1-3-5-11(6-7(9)13)8(12)10-4-2/h3-6H2,1-2H3,(H2,9,13)(H,10,12). The van der Waals surface area contributed by atoms with E-state index < -0.39 is 0 Å². The zero-order valence-electron chi connectivity index (χ0n) is 8.17. The van der Waals surface area contributed by atoms with Crippen molar-refractivity contribution in [1.29, 1.82) is 0 Å². The van der Waals surface area contributed by atoms with Crippen LogP contribution in [0.25, 0.3) is 0 Å². The molecule has 0 bridgehead atoms. The van der Waals surface area contributed by atoms with Gasteiger partial charge in [-0.1, -0.05) is 19.1 Å². The van der Waals surface area contributed by atoms with Crippen LogP contribution in [-0.2, 0) is 0 Å². The van der Waals surface area contributed by atoms with E-state index in [4.69, 9.17) is 18.0 Å². The van der Waals surface area contributed by atoms with Gasteiger partial charge in [0.05, 0.1) is 11.5 Å². The Balaban J connectivity index is 4.06. The molecule has 0 aliphatic rings. The lowest BCUT2D eigenvalue weighted by atomic mass is 10.4. The van der Waals surface area contributed by atoms with E-state index in [2.05, 4.69) is 5.32 Å². The van der Waals surface area contributed by atoms with Crippen LogP contribution in [0.15, 0.2) is 0 Å². The van der Waals surface area contributed by atoms with Gasteiger partial charge in [-0.2, -0.15) is 0 Å². The Hall–Kier alpha value is -0.840. The van der Waals surface area contributed by atoms with Gasteiger partial charge in [0.25, 0.3) is 0 Å². The van der Waals surface area contributed by atoms with Crippen LogP contribution in [0.5, 0.6) is 0 Å². The summed E-state index contributed by atoms with van der Waals surface area (Å²) in [5, 5.41) is 2.71. The molecule has 0 unspecified atom stereocenters. The Morgan fingerprint density at radius 1 is 1.54 bits per heavy atom. The van der Waals surface area contributed by atoms with E-state index in [1.807, 2.05) is 13.8 Å².